The van der Waals surface area contributed by atoms with Crippen molar-refractivity contribution in [1.82, 2.24) is 29.6 Å². The number of nitrogens with zero attached hydrogens (tertiary/aromatic N) is 5. The standard InChI is InChI=1S/C21H27N7O/c1-16-6-2-3-10-27(16)11-5-9-23-19-12-20(25-15-24-19)28-21(29)18(14-26-28)17-7-4-8-22-13-17/h4,7-8,12-16,26H,2-3,5-6,9-11H2,1H3,(H,23,24,25). The van der Waals surface area contributed by atoms with E-state index < -0.39 is 0 Å². The van der Waals surface area contributed by atoms with Crippen LogP contribution in [0.3, 0.4) is 0 Å². The van der Waals surface area contributed by atoms with Gasteiger partial charge in [0.1, 0.15) is 12.1 Å². The highest BCUT2D eigenvalue weighted by atomic mass is 16.1. The van der Waals surface area contributed by atoms with Crippen molar-refractivity contribution in [2.75, 3.05) is 25.0 Å². The maximum absolute atomic E-state index is 12.8. The quantitative estimate of drug-likeness (QED) is 0.600. The fourth-order valence-electron chi connectivity index (χ4n) is 3.82. The SMILES string of the molecule is CC1CCCCN1CCCNc1cc(-n2[nH]cc(-c3cccnc3)c2=O)ncn1. The Morgan fingerprint density at radius 3 is 3.07 bits per heavy atom. The number of piperidine rings is 1. The van der Waals surface area contributed by atoms with Crippen LogP contribution in [0.15, 0.2) is 47.9 Å². The number of H-pyrrole nitrogens is 1. The molecule has 1 unspecified atom stereocenters. The van der Waals surface area contributed by atoms with Gasteiger partial charge in [0.15, 0.2) is 5.82 Å². The topological polar surface area (TPSA) is 91.7 Å². The molecule has 8 heteroatoms. The van der Waals surface area contributed by atoms with Crippen LogP contribution in [-0.2, 0) is 0 Å². The molecule has 8 nitrogen and oxygen atoms in total. The molecule has 0 saturated carbocycles. The van der Waals surface area contributed by atoms with Crippen LogP contribution in [0.1, 0.15) is 32.6 Å². The number of rotatable bonds is 7. The summed E-state index contributed by atoms with van der Waals surface area (Å²) in [6, 6.07) is 6.14. The van der Waals surface area contributed by atoms with E-state index in [2.05, 4.69) is 37.2 Å². The fraction of sp³-hybridized carbons (Fsp3) is 0.429. The summed E-state index contributed by atoms with van der Waals surface area (Å²) in [5.74, 6) is 1.22. The molecule has 0 radical (unpaired) electrons. The van der Waals surface area contributed by atoms with E-state index in [4.69, 9.17) is 0 Å². The van der Waals surface area contributed by atoms with Crippen molar-refractivity contribution < 1.29 is 0 Å². The minimum absolute atomic E-state index is 0.165. The molecule has 2 N–H and O–H groups in total. The molecule has 3 aromatic rings. The van der Waals surface area contributed by atoms with E-state index in [1.807, 2.05) is 12.1 Å². The molecule has 0 aliphatic carbocycles. The van der Waals surface area contributed by atoms with Crippen molar-refractivity contribution in [3.8, 4) is 16.9 Å². The van der Waals surface area contributed by atoms with Gasteiger partial charge in [0, 0.05) is 49.4 Å². The minimum atomic E-state index is -0.165. The lowest BCUT2D eigenvalue weighted by molar-refractivity contribution is 0.160. The second kappa shape index (κ2) is 9.00. The summed E-state index contributed by atoms with van der Waals surface area (Å²) in [7, 11) is 0. The molecule has 0 aromatic carbocycles. The van der Waals surface area contributed by atoms with Gasteiger partial charge in [-0.25, -0.2) is 14.6 Å². The molecule has 4 heterocycles. The van der Waals surface area contributed by atoms with Crippen LogP contribution in [0.4, 0.5) is 5.82 Å². The van der Waals surface area contributed by atoms with Gasteiger partial charge in [-0.3, -0.25) is 14.9 Å². The van der Waals surface area contributed by atoms with Gasteiger partial charge in [-0.15, -0.1) is 0 Å². The van der Waals surface area contributed by atoms with Gasteiger partial charge >= 0.3 is 0 Å². The largest absolute Gasteiger partial charge is 0.370 e. The smallest absolute Gasteiger partial charge is 0.280 e. The van der Waals surface area contributed by atoms with Crippen molar-refractivity contribution in [2.45, 2.75) is 38.6 Å². The number of anilines is 1. The zero-order valence-corrected chi connectivity index (χ0v) is 16.7. The van der Waals surface area contributed by atoms with E-state index in [0.717, 1.165) is 25.1 Å². The molecule has 1 fully saturated rings. The highest BCUT2D eigenvalue weighted by Crippen LogP contribution is 2.17. The molecule has 0 spiro atoms. The molecule has 29 heavy (non-hydrogen) atoms. The minimum Gasteiger partial charge on any atom is -0.370 e. The van der Waals surface area contributed by atoms with Gasteiger partial charge in [0.25, 0.3) is 5.56 Å². The number of likely N-dealkylation sites (tertiary alicyclic amines) is 1. The molecule has 4 rings (SSSR count). The highest BCUT2D eigenvalue weighted by molar-refractivity contribution is 5.60. The van der Waals surface area contributed by atoms with Crippen molar-refractivity contribution in [3.63, 3.8) is 0 Å². The summed E-state index contributed by atoms with van der Waals surface area (Å²) >= 11 is 0. The van der Waals surface area contributed by atoms with E-state index >= 15 is 0 Å². The van der Waals surface area contributed by atoms with Crippen LogP contribution < -0.4 is 10.9 Å². The van der Waals surface area contributed by atoms with Crippen molar-refractivity contribution in [3.05, 3.63) is 53.5 Å². The average Bonchev–Trinajstić information content (AvgIpc) is 3.14. The molecular formula is C21H27N7O. The lowest BCUT2D eigenvalue weighted by Crippen LogP contribution is -2.38. The first-order chi connectivity index (χ1) is 14.2. The summed E-state index contributed by atoms with van der Waals surface area (Å²) in [6.45, 7) is 5.45. The lowest BCUT2D eigenvalue weighted by atomic mass is 10.0. The first-order valence-electron chi connectivity index (χ1n) is 10.2. The van der Waals surface area contributed by atoms with Crippen LogP contribution in [0.25, 0.3) is 16.9 Å². The Hall–Kier alpha value is -3.00. The Kier molecular flexibility index (Phi) is 6.00. The number of hydrogen-bond donors (Lipinski definition) is 2. The summed E-state index contributed by atoms with van der Waals surface area (Å²) in [4.78, 5) is 27.9. The zero-order chi connectivity index (χ0) is 20.1. The Morgan fingerprint density at radius 2 is 2.24 bits per heavy atom. The number of aromatic nitrogens is 5. The summed E-state index contributed by atoms with van der Waals surface area (Å²) < 4.78 is 1.42. The van der Waals surface area contributed by atoms with E-state index in [1.165, 1.54) is 36.8 Å². The number of pyridine rings is 1. The van der Waals surface area contributed by atoms with Gasteiger partial charge in [0.2, 0.25) is 0 Å². The van der Waals surface area contributed by atoms with Crippen molar-refractivity contribution in [2.24, 2.45) is 0 Å². The predicted molar refractivity (Wildman–Crippen MR) is 113 cm³/mol. The fourth-order valence-corrected chi connectivity index (χ4v) is 3.82. The average molecular weight is 393 g/mol. The molecule has 1 saturated heterocycles. The van der Waals surface area contributed by atoms with E-state index in [9.17, 15) is 4.79 Å². The van der Waals surface area contributed by atoms with Crippen LogP contribution in [0.2, 0.25) is 0 Å². The molecule has 152 valence electrons. The lowest BCUT2D eigenvalue weighted by Gasteiger charge is -2.33. The summed E-state index contributed by atoms with van der Waals surface area (Å²) in [5.41, 5.74) is 1.16. The van der Waals surface area contributed by atoms with E-state index in [-0.39, 0.29) is 5.56 Å². The van der Waals surface area contributed by atoms with Gasteiger partial charge in [-0.1, -0.05) is 12.5 Å². The molecule has 1 aliphatic heterocycles. The molecule has 1 atom stereocenters. The Morgan fingerprint density at radius 1 is 1.31 bits per heavy atom. The summed E-state index contributed by atoms with van der Waals surface area (Å²) in [5, 5.41) is 6.33. The molecular weight excluding hydrogens is 366 g/mol. The third kappa shape index (κ3) is 4.54. The second-order valence-corrected chi connectivity index (χ2v) is 7.49. The van der Waals surface area contributed by atoms with Gasteiger partial charge < -0.3 is 10.2 Å². The monoisotopic (exact) mass is 393 g/mol. The normalized spacial score (nSPS) is 17.3. The number of hydrogen-bond acceptors (Lipinski definition) is 6. The van der Waals surface area contributed by atoms with Gasteiger partial charge in [0.05, 0.1) is 5.56 Å². The second-order valence-electron chi connectivity index (χ2n) is 7.49. The maximum atomic E-state index is 12.8. The zero-order valence-electron chi connectivity index (χ0n) is 16.7. The van der Waals surface area contributed by atoms with Gasteiger partial charge in [-0.2, -0.15) is 0 Å². The maximum Gasteiger partial charge on any atom is 0.280 e. The number of aromatic amines is 1. The Balaban J connectivity index is 1.39. The van der Waals surface area contributed by atoms with E-state index in [1.54, 1.807) is 24.7 Å². The van der Waals surface area contributed by atoms with Crippen LogP contribution in [0, 0.1) is 0 Å². The molecule has 3 aromatic heterocycles. The first-order valence-corrected chi connectivity index (χ1v) is 10.2. The first kappa shape index (κ1) is 19.3. The van der Waals surface area contributed by atoms with Crippen LogP contribution >= 0.6 is 0 Å². The molecule has 0 bridgehead atoms. The van der Waals surface area contributed by atoms with Gasteiger partial charge in [-0.05, 0) is 38.8 Å². The molecule has 1 aliphatic rings. The van der Waals surface area contributed by atoms with Crippen LogP contribution in [-0.4, -0.2) is 55.3 Å². The number of nitrogens with one attached hydrogen (secondary N) is 2. The van der Waals surface area contributed by atoms with Crippen molar-refractivity contribution in [1.29, 1.82) is 0 Å². The third-order valence-electron chi connectivity index (χ3n) is 5.49. The van der Waals surface area contributed by atoms with Crippen LogP contribution in [0.5, 0.6) is 0 Å². The summed E-state index contributed by atoms with van der Waals surface area (Å²) in [6.07, 6.45) is 11.5. The molecule has 0 amide bonds. The Labute approximate surface area is 170 Å². The van der Waals surface area contributed by atoms with E-state index in [0.29, 0.717) is 23.2 Å². The predicted octanol–water partition coefficient (Wildman–Crippen LogP) is 2.69. The third-order valence-corrected chi connectivity index (χ3v) is 5.49. The highest BCUT2D eigenvalue weighted by Gasteiger charge is 2.17. The van der Waals surface area contributed by atoms with Crippen molar-refractivity contribution >= 4 is 5.82 Å². The Bertz CT molecular complexity index is 982.